The summed E-state index contributed by atoms with van der Waals surface area (Å²) in [6.07, 6.45) is 6.08. The summed E-state index contributed by atoms with van der Waals surface area (Å²) in [6.45, 7) is 2.50. The predicted octanol–water partition coefficient (Wildman–Crippen LogP) is 3.44. The van der Waals surface area contributed by atoms with Crippen molar-refractivity contribution in [3.63, 3.8) is 0 Å². The van der Waals surface area contributed by atoms with E-state index >= 15 is 0 Å². The first-order valence-electron chi connectivity index (χ1n) is 9.46. The van der Waals surface area contributed by atoms with Gasteiger partial charge in [0.15, 0.2) is 0 Å². The van der Waals surface area contributed by atoms with Crippen LogP contribution < -0.4 is 15.4 Å². The Morgan fingerprint density at radius 1 is 1.26 bits per heavy atom. The van der Waals surface area contributed by atoms with E-state index in [1.807, 2.05) is 30.3 Å². The second-order valence-electron chi connectivity index (χ2n) is 7.25. The van der Waals surface area contributed by atoms with Crippen LogP contribution in [-0.4, -0.2) is 45.2 Å². The Bertz CT molecular complexity index is 748. The summed E-state index contributed by atoms with van der Waals surface area (Å²) in [5, 5.41) is 7.41. The molecule has 3 rings (SSSR count). The normalized spacial score (nSPS) is 13.6. The van der Waals surface area contributed by atoms with Crippen molar-refractivity contribution in [2.75, 3.05) is 19.6 Å². The summed E-state index contributed by atoms with van der Waals surface area (Å²) < 4.78 is 6.05. The maximum atomic E-state index is 12.5. The molecule has 6 heteroatoms. The van der Waals surface area contributed by atoms with Gasteiger partial charge in [0.05, 0.1) is 0 Å². The van der Waals surface area contributed by atoms with Gasteiger partial charge in [0.2, 0.25) is 0 Å². The maximum absolute atomic E-state index is 12.5. The Hall–Kier alpha value is -1.84. The van der Waals surface area contributed by atoms with Crippen LogP contribution in [0.25, 0.3) is 0 Å². The van der Waals surface area contributed by atoms with E-state index in [4.69, 9.17) is 4.74 Å². The summed E-state index contributed by atoms with van der Waals surface area (Å²) in [5.41, 5.74) is 6.42. The van der Waals surface area contributed by atoms with Gasteiger partial charge in [-0.25, -0.2) is 0 Å². The van der Waals surface area contributed by atoms with E-state index in [9.17, 15) is 4.79 Å². The van der Waals surface area contributed by atoms with Crippen molar-refractivity contribution in [1.29, 1.82) is 0 Å². The number of pyridine rings is 1. The number of aromatic nitrogens is 1. The quantitative estimate of drug-likeness (QED) is 0.449. The Balaban J connectivity index is 1.63. The summed E-state index contributed by atoms with van der Waals surface area (Å²) in [7, 11) is 0. The zero-order chi connectivity index (χ0) is 19.1. The number of nitrogens with zero attached hydrogens (tertiary/aromatic N) is 1. The molecule has 1 aromatic heterocycles. The van der Waals surface area contributed by atoms with Gasteiger partial charge in [0.1, 0.15) is 0 Å². The van der Waals surface area contributed by atoms with Crippen LogP contribution in [0, 0.1) is 5.92 Å². The van der Waals surface area contributed by atoms with E-state index in [1.165, 1.54) is 12.8 Å². The zero-order valence-corrected chi connectivity index (χ0v) is 17.9. The third-order valence-electron chi connectivity index (χ3n) is 4.40. The molecule has 5 nitrogen and oxygen atoms in total. The fraction of sp³-hybridized carbons (Fsp3) is 0.429. The molecule has 2 N–H and O–H groups in total. The molecule has 0 unspecified atom stereocenters. The van der Waals surface area contributed by atoms with Crippen molar-refractivity contribution in [2.24, 2.45) is 5.92 Å². The first kappa shape index (κ1) is 19.9. The van der Waals surface area contributed by atoms with Crippen LogP contribution in [0.5, 0.6) is 11.5 Å². The number of carbonyl (C=O) groups is 1. The monoisotopic (exact) mass is 429 g/mol. The SMILES string of the molecule is C[As](C)Cc1ccc(C(=O)NCCNCC2CC2)cc1Oc1cccnc1. The summed E-state index contributed by atoms with van der Waals surface area (Å²) in [6, 6.07) is 9.50. The number of nitrogens with one attached hydrogen (secondary N) is 2. The molecular formula is C21H28AsN3O2. The van der Waals surface area contributed by atoms with Crippen molar-refractivity contribution in [3.05, 3.63) is 53.9 Å². The fourth-order valence-corrected chi connectivity index (χ4v) is 4.77. The van der Waals surface area contributed by atoms with Gasteiger partial charge in [0, 0.05) is 0 Å². The van der Waals surface area contributed by atoms with E-state index in [0.717, 1.165) is 35.5 Å². The molecule has 1 saturated carbocycles. The number of carbonyl (C=O) groups excluding carboxylic acids is 1. The van der Waals surface area contributed by atoms with Crippen LogP contribution in [0.1, 0.15) is 28.8 Å². The molecular weight excluding hydrogens is 401 g/mol. The van der Waals surface area contributed by atoms with E-state index in [-0.39, 0.29) is 5.91 Å². The molecule has 0 spiro atoms. The number of benzene rings is 1. The molecule has 0 aliphatic heterocycles. The van der Waals surface area contributed by atoms with E-state index in [0.29, 0.717) is 17.9 Å². The van der Waals surface area contributed by atoms with Gasteiger partial charge in [-0.1, -0.05) is 0 Å². The van der Waals surface area contributed by atoms with E-state index < -0.39 is 14.7 Å². The Morgan fingerprint density at radius 2 is 2.11 bits per heavy atom. The fourth-order valence-electron chi connectivity index (χ4n) is 2.79. The van der Waals surface area contributed by atoms with Crippen LogP contribution in [-0.2, 0) is 5.21 Å². The van der Waals surface area contributed by atoms with Gasteiger partial charge < -0.3 is 0 Å². The molecule has 0 atom stereocenters. The second kappa shape index (κ2) is 9.91. The Labute approximate surface area is 166 Å². The molecule has 0 bridgehead atoms. The molecule has 1 amide bonds. The first-order valence-corrected chi connectivity index (χ1v) is 14.5. The number of hydrogen-bond acceptors (Lipinski definition) is 4. The van der Waals surface area contributed by atoms with Gasteiger partial charge in [-0.05, 0) is 12.8 Å². The van der Waals surface area contributed by atoms with Gasteiger partial charge in [-0.3, -0.25) is 0 Å². The summed E-state index contributed by atoms with van der Waals surface area (Å²) in [4.78, 5) is 16.6. The predicted molar refractivity (Wildman–Crippen MR) is 110 cm³/mol. The average Bonchev–Trinajstić information content (AvgIpc) is 3.47. The van der Waals surface area contributed by atoms with Crippen molar-refractivity contribution < 1.29 is 9.53 Å². The Morgan fingerprint density at radius 3 is 2.81 bits per heavy atom. The summed E-state index contributed by atoms with van der Waals surface area (Å²) >= 11 is -0.873. The van der Waals surface area contributed by atoms with Crippen molar-refractivity contribution in [3.8, 4) is 11.5 Å². The topological polar surface area (TPSA) is 63.2 Å². The van der Waals surface area contributed by atoms with Crippen LogP contribution in [0.15, 0.2) is 42.7 Å². The Kier molecular flexibility index (Phi) is 7.31. The van der Waals surface area contributed by atoms with Gasteiger partial charge >= 0.3 is 153 Å². The van der Waals surface area contributed by atoms with Crippen LogP contribution >= 0.6 is 0 Å². The van der Waals surface area contributed by atoms with E-state index in [2.05, 4.69) is 27.0 Å². The minimum atomic E-state index is -0.873. The molecule has 1 fully saturated rings. The zero-order valence-electron chi connectivity index (χ0n) is 16.1. The van der Waals surface area contributed by atoms with Crippen molar-refractivity contribution in [1.82, 2.24) is 15.6 Å². The standard InChI is InChI=1S/C21H28AsN3O2/c1-22(2)13-18-8-7-17(12-20(18)27-19-4-3-9-23-15-19)21(26)25-11-10-24-14-16-5-6-16/h3-4,7-9,12,15-16,24H,5-6,10-11,13-14H2,1-2H3,(H,25,26). The molecule has 1 aliphatic carbocycles. The van der Waals surface area contributed by atoms with Gasteiger partial charge in [0.25, 0.3) is 0 Å². The molecule has 1 heterocycles. The second-order valence-corrected chi connectivity index (χ2v) is 12.4. The van der Waals surface area contributed by atoms with Crippen molar-refractivity contribution >= 4 is 20.6 Å². The number of rotatable bonds is 10. The molecule has 1 aromatic carbocycles. The molecule has 27 heavy (non-hydrogen) atoms. The molecule has 144 valence electrons. The number of ether oxygens (including phenoxy) is 1. The van der Waals surface area contributed by atoms with Gasteiger partial charge in [-0.2, -0.15) is 0 Å². The van der Waals surface area contributed by atoms with Gasteiger partial charge in [-0.15, -0.1) is 0 Å². The molecule has 0 radical (unpaired) electrons. The molecule has 2 aromatic rings. The third kappa shape index (κ3) is 6.67. The van der Waals surface area contributed by atoms with E-state index in [1.54, 1.807) is 12.4 Å². The van der Waals surface area contributed by atoms with Crippen LogP contribution in [0.3, 0.4) is 0 Å². The first-order chi connectivity index (χ1) is 13.1. The summed E-state index contributed by atoms with van der Waals surface area (Å²) in [5.74, 6) is 2.23. The third-order valence-corrected chi connectivity index (χ3v) is 6.44. The minimum absolute atomic E-state index is 0.0618. The van der Waals surface area contributed by atoms with Crippen molar-refractivity contribution in [2.45, 2.75) is 29.5 Å². The molecule has 1 aliphatic rings. The number of amides is 1. The average molecular weight is 429 g/mol. The van der Waals surface area contributed by atoms with Crippen LogP contribution in [0.4, 0.5) is 0 Å². The number of hydrogen-bond donors (Lipinski definition) is 2. The van der Waals surface area contributed by atoms with Crippen LogP contribution in [0.2, 0.25) is 11.4 Å². The molecule has 0 saturated heterocycles.